The van der Waals surface area contributed by atoms with Crippen LogP contribution in [-0.4, -0.2) is 67.5 Å². The number of nitrogens with zero attached hydrogens (tertiary/aromatic N) is 7. The third kappa shape index (κ3) is 12.5. The summed E-state index contributed by atoms with van der Waals surface area (Å²) in [6.45, 7) is 1.07. The van der Waals surface area contributed by atoms with E-state index in [1.165, 1.54) is 87.9 Å². The second-order valence-electron chi connectivity index (χ2n) is 28.4. The summed E-state index contributed by atoms with van der Waals surface area (Å²) in [5.74, 6) is -0.632. The fourth-order valence-electron chi connectivity index (χ4n) is 15.9. The van der Waals surface area contributed by atoms with Crippen molar-refractivity contribution in [2.24, 2.45) is 11.5 Å². The van der Waals surface area contributed by atoms with Crippen molar-refractivity contribution in [3.63, 3.8) is 0 Å². The second kappa shape index (κ2) is 29.6. The molecule has 0 saturated heterocycles. The predicted molar refractivity (Wildman–Crippen MR) is 440 cm³/mol. The number of amides is 3. The highest BCUT2D eigenvalue weighted by molar-refractivity contribution is 6.15. The number of fused-ring (bicyclic) bond motifs is 18. The van der Waals surface area contributed by atoms with Gasteiger partial charge >= 0.3 is 0 Å². The van der Waals surface area contributed by atoms with E-state index >= 15 is 0 Å². The Balaban J connectivity index is 0.000000119. The number of furan rings is 3. The van der Waals surface area contributed by atoms with Crippen molar-refractivity contribution in [3.05, 3.63) is 287 Å². The van der Waals surface area contributed by atoms with Gasteiger partial charge in [-0.1, -0.05) is 18.2 Å². The van der Waals surface area contributed by atoms with Gasteiger partial charge in [0.25, 0.3) is 17.7 Å². The molecule has 3 aliphatic heterocycles. The molecule has 21 nitrogen and oxygen atoms in total. The monoisotopic (exact) mass is 1600 g/mol. The molecule has 0 fully saturated rings. The summed E-state index contributed by atoms with van der Waals surface area (Å²) in [6, 6.07) is 60.8. The van der Waals surface area contributed by atoms with Crippen molar-refractivity contribution < 1.29 is 68.2 Å². The minimum Gasteiger partial charge on any atom is -0.470 e. The standard InChI is InChI=1S/2C31H22F2N4O3.C31H18F2N4O3/c3*1-35-31(38)28-21-12-19(17(14-34)11-27(21)40-30(28)16-5-7-18(32)8-6-16)23-9-10-26-29(36-23)25-13-20-22(33)3-2-4-24(20)37(25)15-39-26/h2*2-13H,14-15,34H2,1H3,(H,35,38);2-13H,15H2,1H3,(H,35,38). The average molecular weight is 1610 g/mol. The molecule has 9 aromatic carbocycles. The van der Waals surface area contributed by atoms with Crippen molar-refractivity contribution in [2.45, 2.75) is 33.3 Å². The van der Waals surface area contributed by atoms with Crippen LogP contribution in [0.25, 0.3) is 168 Å². The molecule has 0 unspecified atom stereocenters. The van der Waals surface area contributed by atoms with E-state index in [4.69, 9.17) is 53.9 Å². The Labute approximate surface area is 675 Å². The number of benzene rings is 9. The number of hydrogen-bond donors (Lipinski definition) is 5. The Bertz CT molecular complexity index is 7100. The van der Waals surface area contributed by atoms with Gasteiger partial charge in [-0.15, -0.1) is 0 Å². The number of halogens is 6. The zero-order valence-corrected chi connectivity index (χ0v) is 63.5. The van der Waals surface area contributed by atoms with Crippen LogP contribution in [0.1, 0.15) is 47.8 Å². The first-order valence-electron chi connectivity index (χ1n) is 37.7. The van der Waals surface area contributed by atoms with E-state index in [0.717, 1.165) is 33.5 Å². The maximum absolute atomic E-state index is 14.6. The third-order valence-corrected chi connectivity index (χ3v) is 21.8. The highest BCUT2D eigenvalue weighted by Crippen LogP contribution is 2.47. The summed E-state index contributed by atoms with van der Waals surface area (Å²) in [5, 5.41) is 21.1. The predicted octanol–water partition coefficient (Wildman–Crippen LogP) is 19.1. The fraction of sp³-hybridized carbons (Fsp3) is 0.0860. The maximum atomic E-state index is 14.6. The quantitative estimate of drug-likeness (QED) is 0.0753. The smallest absolute Gasteiger partial charge is 0.255 e. The Morgan fingerprint density at radius 1 is 0.392 bits per heavy atom. The number of nitriles is 1. The molecule has 0 radical (unpaired) electrons. The summed E-state index contributed by atoms with van der Waals surface area (Å²) < 4.78 is 126. The first-order valence-corrected chi connectivity index (χ1v) is 37.7. The number of aromatic nitrogens is 6. The van der Waals surface area contributed by atoms with Crippen LogP contribution in [0, 0.1) is 46.2 Å². The molecule has 18 aromatic rings. The summed E-state index contributed by atoms with van der Waals surface area (Å²) in [6.07, 6.45) is 0. The van der Waals surface area contributed by atoms with Gasteiger partial charge in [0.05, 0.1) is 79.0 Å². The number of nitrogens with two attached hydrogens (primary N) is 2. The Hall–Kier alpha value is -15.5. The molecule has 0 aliphatic carbocycles. The maximum Gasteiger partial charge on any atom is 0.255 e. The molecule has 3 amide bonds. The van der Waals surface area contributed by atoms with Gasteiger partial charge in [-0.05, 0) is 211 Å². The van der Waals surface area contributed by atoms with Gasteiger partial charge in [-0.2, -0.15) is 5.26 Å². The van der Waals surface area contributed by atoms with E-state index in [0.29, 0.717) is 168 Å². The summed E-state index contributed by atoms with van der Waals surface area (Å²) in [7, 11) is 4.59. The molecule has 120 heavy (non-hydrogen) atoms. The zero-order valence-electron chi connectivity index (χ0n) is 63.5. The van der Waals surface area contributed by atoms with E-state index in [2.05, 4.69) is 22.0 Å². The molecule has 0 bridgehead atoms. The first-order chi connectivity index (χ1) is 58.4. The third-order valence-electron chi connectivity index (χ3n) is 21.8. The molecular weight excluding hydrogens is 1540 g/mol. The van der Waals surface area contributed by atoms with E-state index in [9.17, 15) is 46.0 Å². The molecule has 590 valence electrons. The van der Waals surface area contributed by atoms with Gasteiger partial charge in [0.2, 0.25) is 0 Å². The molecule has 27 heteroatoms. The summed E-state index contributed by atoms with van der Waals surface area (Å²) in [4.78, 5) is 53.9. The number of carbonyl (C=O) groups excluding carboxylic acids is 3. The Kier molecular flexibility index (Phi) is 18.4. The number of pyridine rings is 3. The van der Waals surface area contributed by atoms with Crippen LogP contribution in [0.15, 0.2) is 232 Å². The van der Waals surface area contributed by atoms with Crippen LogP contribution in [0.4, 0.5) is 26.3 Å². The number of ether oxygens (including phenoxy) is 3. The molecule has 9 aromatic heterocycles. The van der Waals surface area contributed by atoms with Gasteiger partial charge in [-0.25, -0.2) is 41.3 Å². The van der Waals surface area contributed by atoms with Crippen molar-refractivity contribution in [1.29, 1.82) is 5.26 Å². The molecule has 0 saturated carbocycles. The van der Waals surface area contributed by atoms with Gasteiger partial charge in [0.15, 0.2) is 20.2 Å². The number of hydrogen-bond acceptors (Lipinski definition) is 15. The average Bonchev–Trinajstić information content (AvgIpc) is 1.56. The van der Waals surface area contributed by atoms with Gasteiger partial charge in [-0.3, -0.25) is 14.4 Å². The zero-order chi connectivity index (χ0) is 82.6. The SMILES string of the molecule is CNC(=O)c1c(-c2ccc(F)cc2)oc2cc(C#N)c(-c3ccc4c(n3)-c3cc5c(F)cccc5n3CO4)cc12.CNC(=O)c1c(-c2ccc(F)cc2)oc2cc(CN)c(-c3ccc4c(n3)-c3cc5c(F)cccc5n3CO4)cc12.CNC(=O)c1c(-c2ccc(F)cc2)oc2cc(CN)c(-c3ccc4c(n3)-c3cc5c(F)cccc5n3CO4)cc12. The lowest BCUT2D eigenvalue weighted by molar-refractivity contribution is 0.0956. The van der Waals surface area contributed by atoms with Crippen LogP contribution < -0.4 is 41.6 Å². The van der Waals surface area contributed by atoms with Crippen molar-refractivity contribution in [2.75, 3.05) is 21.1 Å². The normalized spacial score (nSPS) is 12.2. The second-order valence-corrected chi connectivity index (χ2v) is 28.4. The van der Waals surface area contributed by atoms with E-state index in [1.807, 2.05) is 68.3 Å². The molecule has 21 rings (SSSR count). The lowest BCUT2D eigenvalue weighted by Gasteiger charge is -2.21. The highest BCUT2D eigenvalue weighted by Gasteiger charge is 2.32. The molecular formula is C93H62F6N12O9. The first kappa shape index (κ1) is 74.6. The number of nitrogens with one attached hydrogen (secondary N) is 3. The lowest BCUT2D eigenvalue weighted by Crippen LogP contribution is -2.18. The number of rotatable bonds is 11. The van der Waals surface area contributed by atoms with Gasteiger partial charge in [0, 0.05) is 99.9 Å². The molecule has 7 N–H and O–H groups in total. The van der Waals surface area contributed by atoms with Gasteiger partial charge in [0.1, 0.15) is 103 Å². The van der Waals surface area contributed by atoms with Gasteiger partial charge < -0.3 is 68.6 Å². The van der Waals surface area contributed by atoms with Crippen LogP contribution in [0.3, 0.4) is 0 Å². The van der Waals surface area contributed by atoms with Crippen molar-refractivity contribution in [3.8, 4) is 125 Å². The van der Waals surface area contributed by atoms with Crippen molar-refractivity contribution >= 4 is 83.3 Å². The Morgan fingerprint density at radius 2 is 0.700 bits per heavy atom. The number of carbonyl (C=O) groups is 3. The Morgan fingerprint density at radius 3 is 1.01 bits per heavy atom. The largest absolute Gasteiger partial charge is 0.470 e. The molecule has 0 spiro atoms. The van der Waals surface area contributed by atoms with E-state index < -0.39 is 23.4 Å². The van der Waals surface area contributed by atoms with E-state index in [-0.39, 0.29) is 79.4 Å². The summed E-state index contributed by atoms with van der Waals surface area (Å²) in [5.41, 5.74) is 27.5. The van der Waals surface area contributed by atoms with Crippen LogP contribution >= 0.6 is 0 Å². The minimum absolute atomic E-state index is 0.188. The molecule has 3 aliphatic rings. The van der Waals surface area contributed by atoms with Crippen LogP contribution in [0.5, 0.6) is 17.2 Å². The van der Waals surface area contributed by atoms with Crippen LogP contribution in [0.2, 0.25) is 0 Å². The molecule has 12 heterocycles. The molecule has 0 atom stereocenters. The van der Waals surface area contributed by atoms with Crippen molar-refractivity contribution in [1.82, 2.24) is 44.6 Å². The van der Waals surface area contributed by atoms with E-state index in [1.54, 1.807) is 97.1 Å². The fourth-order valence-corrected chi connectivity index (χ4v) is 15.9. The van der Waals surface area contributed by atoms with Crippen LogP contribution in [-0.2, 0) is 33.3 Å². The summed E-state index contributed by atoms with van der Waals surface area (Å²) >= 11 is 0. The minimum atomic E-state index is -0.417. The highest BCUT2D eigenvalue weighted by atomic mass is 19.1. The topological polar surface area (TPSA) is 284 Å². The lowest BCUT2D eigenvalue weighted by atomic mass is 9.98.